The highest BCUT2D eigenvalue weighted by molar-refractivity contribution is 4.98. The summed E-state index contributed by atoms with van der Waals surface area (Å²) in [5.41, 5.74) is 0. The van der Waals surface area contributed by atoms with E-state index in [9.17, 15) is 0 Å². The minimum absolute atomic E-state index is 0.581. The van der Waals surface area contributed by atoms with Gasteiger partial charge in [-0.05, 0) is 38.3 Å². The van der Waals surface area contributed by atoms with Crippen molar-refractivity contribution in [3.8, 4) is 0 Å². The van der Waals surface area contributed by atoms with Crippen LogP contribution in [0.3, 0.4) is 0 Å². The van der Waals surface area contributed by atoms with E-state index in [1.54, 1.807) is 0 Å². The van der Waals surface area contributed by atoms with Crippen LogP contribution < -0.4 is 5.32 Å². The fourth-order valence-electron chi connectivity index (χ4n) is 2.64. The second-order valence-corrected chi connectivity index (χ2v) is 5.20. The number of nitrogens with zero attached hydrogens (tertiary/aromatic N) is 3. The molecule has 1 aliphatic rings. The smallest absolute Gasteiger partial charge is 0.150 e. The third kappa shape index (κ3) is 2.74. The summed E-state index contributed by atoms with van der Waals surface area (Å²) in [5.74, 6) is 2.91. The topological polar surface area (TPSA) is 42.7 Å². The zero-order valence-electron chi connectivity index (χ0n) is 11.9. The van der Waals surface area contributed by atoms with Crippen LogP contribution >= 0.6 is 0 Å². The first-order valence-electron chi connectivity index (χ1n) is 7.45. The van der Waals surface area contributed by atoms with Crippen molar-refractivity contribution in [2.45, 2.75) is 58.9 Å². The van der Waals surface area contributed by atoms with Crippen LogP contribution in [-0.4, -0.2) is 27.9 Å². The molecule has 0 radical (unpaired) electrons. The molecule has 1 fully saturated rings. The molecule has 0 spiro atoms. The molecule has 1 heterocycles. The van der Waals surface area contributed by atoms with Crippen molar-refractivity contribution in [1.82, 2.24) is 20.1 Å². The molecule has 1 aromatic rings. The maximum Gasteiger partial charge on any atom is 0.150 e. The lowest BCUT2D eigenvalue weighted by atomic mass is 9.79. The largest absolute Gasteiger partial charge is 0.316 e. The monoisotopic (exact) mass is 250 g/mol. The highest BCUT2D eigenvalue weighted by atomic mass is 15.4. The first kappa shape index (κ1) is 13.5. The Balaban J connectivity index is 2.00. The zero-order valence-corrected chi connectivity index (χ0v) is 11.9. The van der Waals surface area contributed by atoms with Gasteiger partial charge in [0.2, 0.25) is 0 Å². The van der Waals surface area contributed by atoms with Crippen LogP contribution in [0.25, 0.3) is 0 Å². The van der Waals surface area contributed by atoms with Gasteiger partial charge in [0.05, 0.1) is 6.04 Å². The van der Waals surface area contributed by atoms with E-state index >= 15 is 0 Å². The molecule has 102 valence electrons. The lowest BCUT2D eigenvalue weighted by molar-refractivity contribution is 0.159. The molecule has 0 aliphatic heterocycles. The highest BCUT2D eigenvalue weighted by Crippen LogP contribution is 2.38. The van der Waals surface area contributed by atoms with Gasteiger partial charge in [-0.25, -0.2) is 9.67 Å². The molecule has 0 amide bonds. The molecule has 1 aromatic heterocycles. The van der Waals surface area contributed by atoms with Crippen LogP contribution in [-0.2, 0) is 12.8 Å². The van der Waals surface area contributed by atoms with Crippen molar-refractivity contribution in [2.24, 2.45) is 5.92 Å². The normalized spacial score (nSPS) is 23.1. The summed E-state index contributed by atoms with van der Waals surface area (Å²) in [5, 5.41) is 8.21. The first-order chi connectivity index (χ1) is 8.80. The van der Waals surface area contributed by atoms with Crippen LogP contribution in [0.5, 0.6) is 0 Å². The van der Waals surface area contributed by atoms with Crippen molar-refractivity contribution >= 4 is 0 Å². The number of hydrogen-bond donors (Lipinski definition) is 1. The van der Waals surface area contributed by atoms with Gasteiger partial charge in [0.15, 0.2) is 5.82 Å². The van der Waals surface area contributed by atoms with E-state index in [0.29, 0.717) is 6.04 Å². The predicted molar refractivity (Wildman–Crippen MR) is 73.7 cm³/mol. The first-order valence-corrected chi connectivity index (χ1v) is 7.45. The number of aromatic nitrogens is 3. The molecule has 18 heavy (non-hydrogen) atoms. The fourth-order valence-corrected chi connectivity index (χ4v) is 2.64. The van der Waals surface area contributed by atoms with Gasteiger partial charge in [-0.2, -0.15) is 5.10 Å². The van der Waals surface area contributed by atoms with Gasteiger partial charge >= 0.3 is 0 Å². The van der Waals surface area contributed by atoms with Gasteiger partial charge in [0.25, 0.3) is 0 Å². The van der Waals surface area contributed by atoms with Crippen molar-refractivity contribution < 1.29 is 0 Å². The lowest BCUT2D eigenvalue weighted by Gasteiger charge is -2.37. The number of aryl methyl sites for hydroxylation is 2. The van der Waals surface area contributed by atoms with Crippen LogP contribution in [0, 0.1) is 5.92 Å². The van der Waals surface area contributed by atoms with Gasteiger partial charge in [-0.1, -0.05) is 20.8 Å². The summed E-state index contributed by atoms with van der Waals surface area (Å²) < 4.78 is 2.21. The molecule has 2 atom stereocenters. The van der Waals surface area contributed by atoms with E-state index in [1.165, 1.54) is 19.3 Å². The Morgan fingerprint density at radius 3 is 2.61 bits per heavy atom. The number of hydrogen-bond acceptors (Lipinski definition) is 3. The van der Waals surface area contributed by atoms with E-state index in [4.69, 9.17) is 0 Å². The van der Waals surface area contributed by atoms with E-state index < -0.39 is 0 Å². The van der Waals surface area contributed by atoms with E-state index in [1.807, 2.05) is 0 Å². The molecular weight excluding hydrogens is 224 g/mol. The Hall–Kier alpha value is -0.900. The second kappa shape index (κ2) is 6.32. The molecule has 1 aliphatic carbocycles. The van der Waals surface area contributed by atoms with Crippen LogP contribution in [0.15, 0.2) is 0 Å². The van der Waals surface area contributed by atoms with Gasteiger partial charge < -0.3 is 5.32 Å². The quantitative estimate of drug-likeness (QED) is 0.755. The molecule has 2 rings (SSSR count). The zero-order chi connectivity index (χ0) is 13.0. The molecule has 0 aromatic carbocycles. The second-order valence-electron chi connectivity index (χ2n) is 5.20. The Labute approximate surface area is 110 Å². The Kier molecular flexibility index (Phi) is 4.75. The Bertz CT molecular complexity index is 372. The Morgan fingerprint density at radius 2 is 2.06 bits per heavy atom. The van der Waals surface area contributed by atoms with Crippen LogP contribution in [0.2, 0.25) is 0 Å². The molecule has 1 N–H and O–H groups in total. The predicted octanol–water partition coefficient (Wildman–Crippen LogP) is 2.35. The number of rotatable bonds is 7. The highest BCUT2D eigenvalue weighted by Gasteiger charge is 2.34. The molecule has 2 unspecified atom stereocenters. The minimum atomic E-state index is 0.581. The maximum absolute atomic E-state index is 4.68. The SMILES string of the molecule is CCCNCC1CCC1n1nc(CC)nc1CC. The minimum Gasteiger partial charge on any atom is -0.316 e. The van der Waals surface area contributed by atoms with Crippen LogP contribution in [0.1, 0.15) is 57.7 Å². The molecule has 0 bridgehead atoms. The fraction of sp³-hybridized carbons (Fsp3) is 0.857. The molecule has 1 saturated carbocycles. The van der Waals surface area contributed by atoms with Crippen LogP contribution in [0.4, 0.5) is 0 Å². The third-order valence-corrected chi connectivity index (χ3v) is 3.90. The molecule has 0 saturated heterocycles. The van der Waals surface area contributed by atoms with Gasteiger partial charge in [-0.15, -0.1) is 0 Å². The van der Waals surface area contributed by atoms with Gasteiger partial charge in [0.1, 0.15) is 5.82 Å². The summed E-state index contributed by atoms with van der Waals surface area (Å²) >= 11 is 0. The summed E-state index contributed by atoms with van der Waals surface area (Å²) in [6, 6.07) is 0.581. The third-order valence-electron chi connectivity index (χ3n) is 3.90. The van der Waals surface area contributed by atoms with E-state index in [2.05, 4.69) is 40.9 Å². The van der Waals surface area contributed by atoms with E-state index in [0.717, 1.165) is 43.5 Å². The van der Waals surface area contributed by atoms with Crippen molar-refractivity contribution in [3.05, 3.63) is 11.6 Å². The number of nitrogens with one attached hydrogen (secondary N) is 1. The standard InChI is InChI=1S/C14H26N4/c1-4-9-15-10-11-7-8-12(11)18-14(6-3)16-13(5-2)17-18/h11-12,15H,4-10H2,1-3H3. The summed E-state index contributed by atoms with van der Waals surface area (Å²) in [4.78, 5) is 4.61. The van der Waals surface area contributed by atoms with Gasteiger partial charge in [0, 0.05) is 12.8 Å². The molecular formula is C14H26N4. The summed E-state index contributed by atoms with van der Waals surface area (Å²) in [7, 11) is 0. The molecule has 4 heteroatoms. The maximum atomic E-state index is 4.68. The van der Waals surface area contributed by atoms with Crippen molar-refractivity contribution in [2.75, 3.05) is 13.1 Å². The van der Waals surface area contributed by atoms with Crippen molar-refractivity contribution in [1.29, 1.82) is 0 Å². The molecule has 4 nitrogen and oxygen atoms in total. The van der Waals surface area contributed by atoms with E-state index in [-0.39, 0.29) is 0 Å². The average molecular weight is 250 g/mol. The summed E-state index contributed by atoms with van der Waals surface area (Å²) in [6.07, 6.45) is 5.72. The van der Waals surface area contributed by atoms with Crippen molar-refractivity contribution in [3.63, 3.8) is 0 Å². The lowest BCUT2D eigenvalue weighted by Crippen LogP contribution is -2.38. The average Bonchev–Trinajstić information content (AvgIpc) is 2.76. The van der Waals surface area contributed by atoms with Gasteiger partial charge in [-0.3, -0.25) is 0 Å². The summed E-state index contributed by atoms with van der Waals surface area (Å²) in [6.45, 7) is 8.76. The Morgan fingerprint density at radius 1 is 1.22 bits per heavy atom.